The van der Waals surface area contributed by atoms with Gasteiger partial charge in [-0.3, -0.25) is 0 Å². The normalized spacial score (nSPS) is 25.1. The minimum absolute atomic E-state index is 0. The van der Waals surface area contributed by atoms with Gasteiger partial charge in [0, 0.05) is 26.2 Å². The Balaban J connectivity index is 0.00000180. The summed E-state index contributed by atoms with van der Waals surface area (Å²) < 4.78 is 0. The lowest BCUT2D eigenvalue weighted by Gasteiger charge is -2.38. The van der Waals surface area contributed by atoms with Crippen molar-refractivity contribution in [3.8, 4) is 0 Å². The summed E-state index contributed by atoms with van der Waals surface area (Å²) in [7, 11) is 1.99. The molecule has 2 saturated heterocycles. The topological polar surface area (TPSA) is 35.6 Å². The predicted molar refractivity (Wildman–Crippen MR) is 80.8 cm³/mol. The number of likely N-dealkylation sites (tertiary alicyclic amines) is 2. The van der Waals surface area contributed by atoms with E-state index in [0.717, 1.165) is 45.1 Å². The van der Waals surface area contributed by atoms with Gasteiger partial charge in [0.2, 0.25) is 0 Å². The van der Waals surface area contributed by atoms with Gasteiger partial charge in [-0.15, -0.1) is 12.4 Å². The first kappa shape index (κ1) is 16.6. The van der Waals surface area contributed by atoms with Gasteiger partial charge in [-0.25, -0.2) is 4.79 Å². The number of urea groups is 1. The summed E-state index contributed by atoms with van der Waals surface area (Å²) in [5.41, 5.74) is 0. The van der Waals surface area contributed by atoms with Gasteiger partial charge < -0.3 is 15.1 Å². The monoisotopic (exact) mass is 289 g/mol. The summed E-state index contributed by atoms with van der Waals surface area (Å²) in [6, 6.07) is 0.280. The number of nitrogens with one attached hydrogen (secondary N) is 1. The standard InChI is InChI=1S/C14H27N3O.ClH/c1-12-5-8-16(9-6-12)14(18)17-7-3-4-13(11-17)10-15-2;/h12-13,15H,3-11H2,1-2H3;1H. The predicted octanol–water partition coefficient (Wildman–Crippen LogP) is 2.19. The van der Waals surface area contributed by atoms with Crippen molar-refractivity contribution in [2.24, 2.45) is 11.8 Å². The molecule has 2 amide bonds. The highest BCUT2D eigenvalue weighted by Gasteiger charge is 2.28. The molecule has 0 aromatic rings. The molecule has 0 radical (unpaired) electrons. The number of carbonyl (C=O) groups excluding carboxylic acids is 1. The van der Waals surface area contributed by atoms with Crippen LogP contribution in [0, 0.1) is 11.8 Å². The largest absolute Gasteiger partial charge is 0.325 e. The Morgan fingerprint density at radius 3 is 2.47 bits per heavy atom. The molecule has 0 saturated carbocycles. The Bertz CT molecular complexity index is 278. The first-order valence-corrected chi connectivity index (χ1v) is 7.39. The smallest absolute Gasteiger partial charge is 0.320 e. The van der Waals surface area contributed by atoms with Gasteiger partial charge in [-0.2, -0.15) is 0 Å². The summed E-state index contributed by atoms with van der Waals surface area (Å²) >= 11 is 0. The molecule has 0 bridgehead atoms. The second kappa shape index (κ2) is 7.95. The maximum atomic E-state index is 12.4. The molecular formula is C14H28ClN3O. The average Bonchev–Trinajstić information content (AvgIpc) is 2.39. The van der Waals surface area contributed by atoms with Crippen LogP contribution >= 0.6 is 12.4 Å². The molecule has 112 valence electrons. The lowest BCUT2D eigenvalue weighted by atomic mass is 9.97. The number of hydrogen-bond acceptors (Lipinski definition) is 2. The van der Waals surface area contributed by atoms with Crippen LogP contribution in [0.2, 0.25) is 0 Å². The Kier molecular flexibility index (Phi) is 6.94. The summed E-state index contributed by atoms with van der Waals surface area (Å²) in [5, 5.41) is 3.23. The number of carbonyl (C=O) groups is 1. The van der Waals surface area contributed by atoms with Crippen LogP contribution in [0.4, 0.5) is 4.79 Å². The van der Waals surface area contributed by atoms with Gasteiger partial charge in [-0.05, 0) is 51.1 Å². The van der Waals surface area contributed by atoms with Crippen LogP contribution in [0.3, 0.4) is 0 Å². The second-order valence-electron chi connectivity index (χ2n) is 5.96. The Hall–Kier alpha value is -0.480. The van der Waals surface area contributed by atoms with E-state index in [0.29, 0.717) is 5.92 Å². The molecule has 1 unspecified atom stereocenters. The number of nitrogens with zero attached hydrogens (tertiary/aromatic N) is 2. The van der Waals surface area contributed by atoms with Crippen molar-refractivity contribution in [2.45, 2.75) is 32.6 Å². The van der Waals surface area contributed by atoms with Crippen molar-refractivity contribution in [1.82, 2.24) is 15.1 Å². The van der Waals surface area contributed by atoms with Crippen molar-refractivity contribution < 1.29 is 4.79 Å². The molecule has 19 heavy (non-hydrogen) atoms. The molecule has 2 aliphatic rings. The molecule has 1 atom stereocenters. The highest BCUT2D eigenvalue weighted by atomic mass is 35.5. The SMILES string of the molecule is CNCC1CCCN(C(=O)N2CCC(C)CC2)C1.Cl. The minimum Gasteiger partial charge on any atom is -0.325 e. The Morgan fingerprint density at radius 2 is 1.84 bits per heavy atom. The van der Waals surface area contributed by atoms with Gasteiger partial charge in [-0.1, -0.05) is 6.92 Å². The Labute approximate surface area is 123 Å². The fraction of sp³-hybridized carbons (Fsp3) is 0.929. The number of rotatable bonds is 2. The van der Waals surface area contributed by atoms with Crippen LogP contribution in [0.5, 0.6) is 0 Å². The molecule has 0 aliphatic carbocycles. The third kappa shape index (κ3) is 4.53. The van der Waals surface area contributed by atoms with Crippen LogP contribution in [0.25, 0.3) is 0 Å². The zero-order valence-corrected chi connectivity index (χ0v) is 13.0. The summed E-state index contributed by atoms with van der Waals surface area (Å²) in [6.07, 6.45) is 4.74. The summed E-state index contributed by atoms with van der Waals surface area (Å²) in [6.45, 7) is 7.10. The maximum Gasteiger partial charge on any atom is 0.320 e. The van der Waals surface area contributed by atoms with E-state index in [4.69, 9.17) is 0 Å². The van der Waals surface area contributed by atoms with Crippen molar-refractivity contribution in [1.29, 1.82) is 0 Å². The molecule has 2 rings (SSSR count). The number of piperidine rings is 2. The van der Waals surface area contributed by atoms with Crippen LogP contribution in [-0.2, 0) is 0 Å². The molecule has 5 heteroatoms. The van der Waals surface area contributed by atoms with E-state index < -0.39 is 0 Å². The first-order valence-electron chi connectivity index (χ1n) is 7.39. The van der Waals surface area contributed by atoms with E-state index in [1.807, 2.05) is 7.05 Å². The zero-order valence-electron chi connectivity index (χ0n) is 12.2. The fourth-order valence-corrected chi connectivity index (χ4v) is 3.09. The average molecular weight is 290 g/mol. The van der Waals surface area contributed by atoms with E-state index in [1.54, 1.807) is 0 Å². The van der Waals surface area contributed by atoms with E-state index >= 15 is 0 Å². The molecule has 0 aromatic carbocycles. The van der Waals surface area contributed by atoms with Crippen LogP contribution in [-0.4, -0.2) is 55.6 Å². The Morgan fingerprint density at radius 1 is 1.16 bits per heavy atom. The van der Waals surface area contributed by atoms with E-state index in [1.165, 1.54) is 19.3 Å². The van der Waals surface area contributed by atoms with Gasteiger partial charge in [0.15, 0.2) is 0 Å². The van der Waals surface area contributed by atoms with E-state index in [9.17, 15) is 4.79 Å². The number of hydrogen-bond donors (Lipinski definition) is 1. The number of amides is 2. The van der Waals surface area contributed by atoms with Crippen molar-refractivity contribution >= 4 is 18.4 Å². The molecule has 2 fully saturated rings. The molecule has 2 aliphatic heterocycles. The van der Waals surface area contributed by atoms with Gasteiger partial charge in [0.1, 0.15) is 0 Å². The highest BCUT2D eigenvalue weighted by molar-refractivity contribution is 5.85. The molecular weight excluding hydrogens is 262 g/mol. The molecule has 2 heterocycles. The third-order valence-corrected chi connectivity index (χ3v) is 4.34. The first-order chi connectivity index (χ1) is 8.70. The van der Waals surface area contributed by atoms with Crippen molar-refractivity contribution in [3.05, 3.63) is 0 Å². The molecule has 1 N–H and O–H groups in total. The van der Waals surface area contributed by atoms with Gasteiger partial charge in [0.25, 0.3) is 0 Å². The summed E-state index contributed by atoms with van der Waals surface area (Å²) in [4.78, 5) is 16.6. The fourth-order valence-electron chi connectivity index (χ4n) is 3.09. The minimum atomic E-state index is 0. The van der Waals surface area contributed by atoms with Crippen molar-refractivity contribution in [3.63, 3.8) is 0 Å². The molecule has 0 spiro atoms. The maximum absolute atomic E-state index is 12.4. The zero-order chi connectivity index (χ0) is 13.0. The van der Waals surface area contributed by atoms with E-state index in [2.05, 4.69) is 22.0 Å². The van der Waals surface area contributed by atoms with Crippen molar-refractivity contribution in [2.75, 3.05) is 39.8 Å². The third-order valence-electron chi connectivity index (χ3n) is 4.34. The van der Waals surface area contributed by atoms with Crippen LogP contribution in [0.15, 0.2) is 0 Å². The van der Waals surface area contributed by atoms with Crippen LogP contribution in [0.1, 0.15) is 32.6 Å². The van der Waals surface area contributed by atoms with Gasteiger partial charge in [0.05, 0.1) is 0 Å². The lowest BCUT2D eigenvalue weighted by molar-refractivity contribution is 0.114. The molecule has 0 aromatic heterocycles. The molecule has 4 nitrogen and oxygen atoms in total. The van der Waals surface area contributed by atoms with Crippen LogP contribution < -0.4 is 5.32 Å². The number of halogens is 1. The van der Waals surface area contributed by atoms with Gasteiger partial charge >= 0.3 is 6.03 Å². The van der Waals surface area contributed by atoms with E-state index in [-0.39, 0.29) is 18.4 Å². The summed E-state index contributed by atoms with van der Waals surface area (Å²) in [5.74, 6) is 1.42. The quantitative estimate of drug-likeness (QED) is 0.846. The second-order valence-corrected chi connectivity index (χ2v) is 5.96. The lowest BCUT2D eigenvalue weighted by Crippen LogP contribution is -2.50. The highest BCUT2D eigenvalue weighted by Crippen LogP contribution is 2.21.